The molecule has 0 bridgehead atoms. The molecule has 1 saturated carbocycles. The molecule has 1 amide bonds. The Balaban J connectivity index is 0.00000176. The molecule has 3 atom stereocenters. The van der Waals surface area contributed by atoms with Crippen LogP contribution in [0.5, 0.6) is 0 Å². The van der Waals surface area contributed by atoms with E-state index in [0.29, 0.717) is 12.3 Å². The molecular weight excluding hydrogens is 303 g/mol. The van der Waals surface area contributed by atoms with Gasteiger partial charge in [-0.25, -0.2) is 4.39 Å². The second-order valence-electron chi connectivity index (χ2n) is 6.36. The second-order valence-corrected chi connectivity index (χ2v) is 6.36. The van der Waals surface area contributed by atoms with Gasteiger partial charge in [0.2, 0.25) is 5.91 Å². The lowest BCUT2D eigenvalue weighted by Crippen LogP contribution is -2.35. The monoisotopic (exact) mass is 326 g/mol. The minimum atomic E-state index is -0.230. The van der Waals surface area contributed by atoms with Gasteiger partial charge in [0.25, 0.3) is 0 Å². The van der Waals surface area contributed by atoms with Crippen molar-refractivity contribution in [2.24, 2.45) is 11.7 Å². The van der Waals surface area contributed by atoms with E-state index in [1.165, 1.54) is 12.1 Å². The molecule has 0 radical (unpaired) electrons. The average molecular weight is 327 g/mol. The summed E-state index contributed by atoms with van der Waals surface area (Å²) in [6, 6.07) is 6.84. The third kappa shape index (κ3) is 3.61. The maximum Gasteiger partial charge on any atom is 0.223 e. The lowest BCUT2D eigenvalue weighted by Gasteiger charge is -2.27. The first-order chi connectivity index (χ1) is 10.1. The summed E-state index contributed by atoms with van der Waals surface area (Å²) in [5.74, 6) is 0.322. The maximum atomic E-state index is 13.0. The van der Waals surface area contributed by atoms with E-state index >= 15 is 0 Å². The summed E-state index contributed by atoms with van der Waals surface area (Å²) in [5, 5.41) is 0. The standard InChI is InChI=1S/C17H23FN2O.ClH/c18-14-8-6-12(7-9-14)16-5-2-10-20(16)17(21)11-13-3-1-4-15(13)19;/h6-9,13,15-16H,1-5,10-11,19H2;1H/t13-,15+,16?;/m0./s1. The third-order valence-corrected chi connectivity index (χ3v) is 4.98. The van der Waals surface area contributed by atoms with E-state index in [0.717, 1.165) is 44.2 Å². The average Bonchev–Trinajstić information content (AvgIpc) is 3.09. The molecule has 1 aromatic rings. The Morgan fingerprint density at radius 3 is 2.55 bits per heavy atom. The Morgan fingerprint density at radius 2 is 1.91 bits per heavy atom. The van der Waals surface area contributed by atoms with Crippen molar-refractivity contribution in [1.29, 1.82) is 0 Å². The zero-order valence-electron chi connectivity index (χ0n) is 12.7. The summed E-state index contributed by atoms with van der Waals surface area (Å²) in [4.78, 5) is 14.6. The number of nitrogens with zero attached hydrogens (tertiary/aromatic N) is 1. The number of halogens is 2. The Kier molecular flexibility index (Phi) is 5.81. The van der Waals surface area contributed by atoms with Crippen molar-refractivity contribution in [2.75, 3.05) is 6.54 Å². The van der Waals surface area contributed by atoms with Gasteiger partial charge >= 0.3 is 0 Å². The summed E-state index contributed by atoms with van der Waals surface area (Å²) in [7, 11) is 0. The summed E-state index contributed by atoms with van der Waals surface area (Å²) in [6.07, 6.45) is 5.80. The molecule has 1 aliphatic heterocycles. The highest BCUT2D eigenvalue weighted by atomic mass is 35.5. The molecule has 22 heavy (non-hydrogen) atoms. The van der Waals surface area contributed by atoms with Crippen LogP contribution in [-0.2, 0) is 4.79 Å². The van der Waals surface area contributed by atoms with Gasteiger partial charge in [0, 0.05) is 19.0 Å². The molecule has 0 aromatic heterocycles. The molecule has 3 rings (SSSR count). The number of amides is 1. The normalized spacial score (nSPS) is 27.7. The largest absolute Gasteiger partial charge is 0.336 e. The molecule has 2 aliphatic rings. The van der Waals surface area contributed by atoms with Gasteiger partial charge in [-0.2, -0.15) is 0 Å². The van der Waals surface area contributed by atoms with E-state index in [2.05, 4.69) is 0 Å². The van der Waals surface area contributed by atoms with Gasteiger partial charge in [-0.05, 0) is 49.3 Å². The van der Waals surface area contributed by atoms with Crippen LogP contribution >= 0.6 is 12.4 Å². The van der Waals surface area contributed by atoms with E-state index in [1.807, 2.05) is 4.90 Å². The first-order valence-electron chi connectivity index (χ1n) is 7.95. The van der Waals surface area contributed by atoms with E-state index in [4.69, 9.17) is 5.73 Å². The molecule has 1 unspecified atom stereocenters. The number of carbonyl (C=O) groups is 1. The molecule has 1 heterocycles. The van der Waals surface area contributed by atoms with Crippen LogP contribution in [0.2, 0.25) is 0 Å². The van der Waals surface area contributed by atoms with Crippen molar-refractivity contribution < 1.29 is 9.18 Å². The maximum absolute atomic E-state index is 13.0. The van der Waals surface area contributed by atoms with Gasteiger partial charge in [-0.3, -0.25) is 4.79 Å². The second kappa shape index (κ2) is 7.42. The van der Waals surface area contributed by atoms with E-state index < -0.39 is 0 Å². The van der Waals surface area contributed by atoms with E-state index in [-0.39, 0.29) is 36.2 Å². The van der Waals surface area contributed by atoms with E-state index in [9.17, 15) is 9.18 Å². The highest BCUT2D eigenvalue weighted by Gasteiger charge is 2.33. The first kappa shape index (κ1) is 17.2. The fourth-order valence-electron chi connectivity index (χ4n) is 3.76. The number of carbonyl (C=O) groups excluding carboxylic acids is 1. The van der Waals surface area contributed by atoms with Gasteiger partial charge in [0.15, 0.2) is 0 Å². The first-order valence-corrected chi connectivity index (χ1v) is 7.95. The molecule has 1 saturated heterocycles. The molecule has 0 spiro atoms. The van der Waals surface area contributed by atoms with Crippen molar-refractivity contribution in [2.45, 2.75) is 50.6 Å². The SMILES string of the molecule is Cl.N[C@@H]1CCC[C@H]1CC(=O)N1CCCC1c1ccc(F)cc1. The van der Waals surface area contributed by atoms with Gasteiger partial charge < -0.3 is 10.6 Å². The molecule has 5 heteroatoms. The van der Waals surface area contributed by atoms with Gasteiger partial charge in [-0.15, -0.1) is 12.4 Å². The van der Waals surface area contributed by atoms with Crippen molar-refractivity contribution in [3.8, 4) is 0 Å². The van der Waals surface area contributed by atoms with Crippen LogP contribution in [0.1, 0.15) is 50.1 Å². The fourth-order valence-corrected chi connectivity index (χ4v) is 3.76. The quantitative estimate of drug-likeness (QED) is 0.925. The third-order valence-electron chi connectivity index (χ3n) is 4.98. The van der Waals surface area contributed by atoms with Crippen LogP contribution in [0, 0.1) is 11.7 Å². The van der Waals surface area contributed by atoms with Gasteiger partial charge in [-0.1, -0.05) is 18.6 Å². The predicted molar refractivity (Wildman–Crippen MR) is 87.3 cm³/mol. The van der Waals surface area contributed by atoms with Gasteiger partial charge in [0.05, 0.1) is 6.04 Å². The molecular formula is C17H24ClFN2O. The zero-order chi connectivity index (χ0) is 14.8. The molecule has 1 aromatic carbocycles. The van der Waals surface area contributed by atoms with Crippen LogP contribution in [0.25, 0.3) is 0 Å². The zero-order valence-corrected chi connectivity index (χ0v) is 13.5. The molecule has 2 N–H and O–H groups in total. The lowest BCUT2D eigenvalue weighted by atomic mass is 9.98. The van der Waals surface area contributed by atoms with Crippen LogP contribution in [0.4, 0.5) is 4.39 Å². The lowest BCUT2D eigenvalue weighted by molar-refractivity contribution is -0.133. The number of benzene rings is 1. The molecule has 3 nitrogen and oxygen atoms in total. The Hall–Kier alpha value is -1.13. The van der Waals surface area contributed by atoms with Crippen molar-refractivity contribution in [1.82, 2.24) is 4.90 Å². The Morgan fingerprint density at radius 1 is 1.18 bits per heavy atom. The van der Waals surface area contributed by atoms with Crippen LogP contribution in [0.15, 0.2) is 24.3 Å². The number of nitrogens with two attached hydrogens (primary N) is 1. The van der Waals surface area contributed by atoms with Crippen LogP contribution < -0.4 is 5.73 Å². The number of rotatable bonds is 3. The Labute approximate surface area is 137 Å². The smallest absolute Gasteiger partial charge is 0.223 e. The minimum absolute atomic E-state index is 0. The van der Waals surface area contributed by atoms with Crippen molar-refractivity contribution in [3.63, 3.8) is 0 Å². The summed E-state index contributed by atoms with van der Waals surface area (Å²) >= 11 is 0. The van der Waals surface area contributed by atoms with Gasteiger partial charge in [0.1, 0.15) is 5.82 Å². The summed E-state index contributed by atoms with van der Waals surface area (Å²) in [5.41, 5.74) is 7.12. The topological polar surface area (TPSA) is 46.3 Å². The minimum Gasteiger partial charge on any atom is -0.336 e. The summed E-state index contributed by atoms with van der Waals surface area (Å²) < 4.78 is 13.0. The fraction of sp³-hybridized carbons (Fsp3) is 0.588. The van der Waals surface area contributed by atoms with Crippen LogP contribution in [0.3, 0.4) is 0 Å². The Bertz CT molecular complexity index is 508. The highest BCUT2D eigenvalue weighted by molar-refractivity contribution is 5.85. The number of hydrogen-bond acceptors (Lipinski definition) is 2. The summed E-state index contributed by atoms with van der Waals surface area (Å²) in [6.45, 7) is 0.808. The highest BCUT2D eigenvalue weighted by Crippen LogP contribution is 2.34. The van der Waals surface area contributed by atoms with Crippen molar-refractivity contribution in [3.05, 3.63) is 35.6 Å². The molecule has 122 valence electrons. The van der Waals surface area contributed by atoms with Crippen LogP contribution in [-0.4, -0.2) is 23.4 Å². The molecule has 2 fully saturated rings. The van der Waals surface area contributed by atoms with E-state index in [1.54, 1.807) is 12.1 Å². The number of likely N-dealkylation sites (tertiary alicyclic amines) is 1. The van der Waals surface area contributed by atoms with Crippen molar-refractivity contribution >= 4 is 18.3 Å². The predicted octanol–water partition coefficient (Wildman–Crippen LogP) is 3.43. The number of hydrogen-bond donors (Lipinski definition) is 1. The molecule has 1 aliphatic carbocycles.